The number of fused-ring (bicyclic) bond motifs is 1. The van der Waals surface area contributed by atoms with Crippen LogP contribution in [0.4, 0.5) is 27.8 Å². The number of nitrogens with zero attached hydrogens (tertiary/aromatic N) is 4. The Kier molecular flexibility index (Phi) is 6.65. The van der Waals surface area contributed by atoms with Gasteiger partial charge in [-0.1, -0.05) is 12.1 Å². The molecule has 0 amide bonds. The normalized spacial score (nSPS) is 19.2. The van der Waals surface area contributed by atoms with Crippen LogP contribution in [0.5, 0.6) is 0 Å². The molecule has 1 atom stereocenters. The number of anilines is 1. The quantitative estimate of drug-likeness (QED) is 0.557. The van der Waals surface area contributed by atoms with E-state index < -0.39 is 30.2 Å². The van der Waals surface area contributed by atoms with Crippen LogP contribution in [0.25, 0.3) is 11.0 Å². The molecule has 1 fully saturated rings. The molecule has 12 heteroatoms. The highest BCUT2D eigenvalue weighted by atomic mass is 35.5. The number of halogens is 6. The molecule has 0 aliphatic carbocycles. The average molecular weight is 463 g/mol. The van der Waals surface area contributed by atoms with Crippen molar-refractivity contribution in [2.24, 2.45) is 0 Å². The summed E-state index contributed by atoms with van der Waals surface area (Å²) in [5.41, 5.74) is 0.417. The van der Waals surface area contributed by atoms with Crippen molar-refractivity contribution in [1.29, 1.82) is 0 Å². The molecule has 1 aliphatic rings. The molecule has 1 saturated heterocycles. The second-order valence-electron chi connectivity index (χ2n) is 7.32. The lowest BCUT2D eigenvalue weighted by Gasteiger charge is -2.38. The number of benzene rings is 1. The van der Waals surface area contributed by atoms with Gasteiger partial charge in [-0.15, -0.1) is 12.4 Å². The number of hydrogen-bond acceptors (Lipinski definition) is 5. The molecule has 0 saturated carbocycles. The van der Waals surface area contributed by atoms with Gasteiger partial charge in [0.25, 0.3) is 5.92 Å². The molecule has 6 nitrogen and oxygen atoms in total. The van der Waals surface area contributed by atoms with Crippen molar-refractivity contribution >= 4 is 29.3 Å². The number of rotatable bonds is 5. The van der Waals surface area contributed by atoms with Crippen molar-refractivity contribution in [2.45, 2.75) is 31.0 Å². The van der Waals surface area contributed by atoms with Gasteiger partial charge in [0.15, 0.2) is 5.65 Å². The number of nitrogens with one attached hydrogen (secondary N) is 2. The van der Waals surface area contributed by atoms with Crippen LogP contribution in [0, 0.1) is 0 Å². The van der Waals surface area contributed by atoms with E-state index in [9.17, 15) is 22.0 Å². The smallest absolute Gasteiger partial charge is 0.360 e. The molecule has 1 aliphatic heterocycles. The van der Waals surface area contributed by atoms with Gasteiger partial charge in [-0.25, -0.2) is 18.7 Å². The summed E-state index contributed by atoms with van der Waals surface area (Å²) in [7, 11) is 0. The maximum Gasteiger partial charge on any atom is 0.416 e. The molecule has 0 radical (unpaired) electrons. The standard InChI is InChI=1S/C19H19F5N6.ClH/c20-18(21)10-30(7-5-12-1-3-13(4-2-12)19(22,23)24)8-6-15(18)28-16-14-9-27-29-17(14)26-11-25-16;/h1-4,9,11,15H,5-8,10H2,(H2,25,26,27,28,29);1H. The highest BCUT2D eigenvalue weighted by Gasteiger charge is 2.44. The zero-order valence-electron chi connectivity index (χ0n) is 16.2. The van der Waals surface area contributed by atoms with E-state index in [4.69, 9.17) is 0 Å². The van der Waals surface area contributed by atoms with Crippen molar-refractivity contribution in [2.75, 3.05) is 25.0 Å². The molecule has 0 spiro atoms. The second kappa shape index (κ2) is 8.91. The molecule has 2 N–H and O–H groups in total. The number of alkyl halides is 5. The summed E-state index contributed by atoms with van der Waals surface area (Å²) in [6.45, 7) is 0.339. The maximum absolute atomic E-state index is 14.7. The van der Waals surface area contributed by atoms with Crippen LogP contribution in [0.2, 0.25) is 0 Å². The van der Waals surface area contributed by atoms with Crippen LogP contribution < -0.4 is 5.32 Å². The summed E-state index contributed by atoms with van der Waals surface area (Å²) in [4.78, 5) is 9.67. The van der Waals surface area contributed by atoms with Gasteiger partial charge in [-0.2, -0.15) is 18.3 Å². The molecule has 31 heavy (non-hydrogen) atoms. The lowest BCUT2D eigenvalue weighted by atomic mass is 9.99. The molecular formula is C19H20ClF5N6. The summed E-state index contributed by atoms with van der Waals surface area (Å²) in [6, 6.07) is 3.71. The molecule has 2 aromatic heterocycles. The molecular weight excluding hydrogens is 443 g/mol. The Balaban J connectivity index is 0.00000272. The van der Waals surface area contributed by atoms with Gasteiger partial charge in [0.2, 0.25) is 0 Å². The van der Waals surface area contributed by atoms with E-state index >= 15 is 0 Å². The monoisotopic (exact) mass is 462 g/mol. The van der Waals surface area contributed by atoms with Crippen molar-refractivity contribution in [3.63, 3.8) is 0 Å². The minimum Gasteiger partial charge on any atom is -0.360 e. The van der Waals surface area contributed by atoms with Crippen LogP contribution in [0.15, 0.2) is 36.8 Å². The van der Waals surface area contributed by atoms with Gasteiger partial charge < -0.3 is 5.32 Å². The number of aromatic amines is 1. The zero-order chi connectivity index (χ0) is 21.4. The van der Waals surface area contributed by atoms with Crippen molar-refractivity contribution in [1.82, 2.24) is 25.1 Å². The third-order valence-electron chi connectivity index (χ3n) is 5.24. The van der Waals surface area contributed by atoms with Gasteiger partial charge >= 0.3 is 6.18 Å². The first-order valence-corrected chi connectivity index (χ1v) is 9.39. The van der Waals surface area contributed by atoms with E-state index in [1.165, 1.54) is 24.7 Å². The van der Waals surface area contributed by atoms with Crippen LogP contribution in [-0.4, -0.2) is 56.7 Å². The fourth-order valence-corrected chi connectivity index (χ4v) is 3.57. The molecule has 3 aromatic rings. The lowest BCUT2D eigenvalue weighted by molar-refractivity contribution is -0.137. The molecule has 168 valence electrons. The number of H-pyrrole nitrogens is 1. The summed E-state index contributed by atoms with van der Waals surface area (Å²) in [5.74, 6) is -2.70. The Morgan fingerprint density at radius 2 is 1.90 bits per heavy atom. The Labute approximate surface area is 180 Å². The van der Waals surface area contributed by atoms with Crippen molar-refractivity contribution < 1.29 is 22.0 Å². The van der Waals surface area contributed by atoms with E-state index in [2.05, 4.69) is 25.5 Å². The third kappa shape index (κ3) is 5.21. The van der Waals surface area contributed by atoms with E-state index in [1.807, 2.05) is 0 Å². The number of likely N-dealkylation sites (tertiary alicyclic amines) is 1. The van der Waals surface area contributed by atoms with Gasteiger partial charge in [0, 0.05) is 13.1 Å². The highest BCUT2D eigenvalue weighted by Crippen LogP contribution is 2.32. The van der Waals surface area contributed by atoms with Crippen molar-refractivity contribution in [3.8, 4) is 0 Å². The fraction of sp³-hybridized carbons (Fsp3) is 0.421. The summed E-state index contributed by atoms with van der Waals surface area (Å²) in [6.07, 6.45) is -1.03. The zero-order valence-corrected chi connectivity index (χ0v) is 17.0. The number of hydrogen-bond donors (Lipinski definition) is 2. The first-order chi connectivity index (χ1) is 14.2. The summed E-state index contributed by atoms with van der Waals surface area (Å²) in [5, 5.41) is 9.88. The SMILES string of the molecule is Cl.FC(F)(F)c1ccc(CCN2CCC(Nc3ncnc4[nH]ncc34)C(F)(F)C2)cc1. The predicted octanol–water partition coefficient (Wildman–Crippen LogP) is 4.16. The van der Waals surface area contributed by atoms with Gasteiger partial charge in [-0.3, -0.25) is 10.00 Å². The van der Waals surface area contributed by atoms with E-state index in [-0.39, 0.29) is 18.8 Å². The van der Waals surface area contributed by atoms with Crippen LogP contribution in [0.1, 0.15) is 17.5 Å². The Bertz CT molecular complexity index is 1010. The van der Waals surface area contributed by atoms with Gasteiger partial charge in [0.1, 0.15) is 12.1 Å². The average Bonchev–Trinajstić information content (AvgIpc) is 3.17. The Morgan fingerprint density at radius 3 is 2.58 bits per heavy atom. The maximum atomic E-state index is 14.7. The van der Waals surface area contributed by atoms with E-state index in [0.717, 1.165) is 12.1 Å². The first-order valence-electron chi connectivity index (χ1n) is 9.39. The predicted molar refractivity (Wildman–Crippen MR) is 107 cm³/mol. The summed E-state index contributed by atoms with van der Waals surface area (Å²) >= 11 is 0. The van der Waals surface area contributed by atoms with E-state index in [0.29, 0.717) is 41.9 Å². The fourth-order valence-electron chi connectivity index (χ4n) is 3.57. The molecule has 0 bridgehead atoms. The van der Waals surface area contributed by atoms with Gasteiger partial charge in [0.05, 0.1) is 29.7 Å². The number of piperidine rings is 1. The minimum atomic E-state index is -4.39. The number of aromatic nitrogens is 4. The lowest BCUT2D eigenvalue weighted by Crippen LogP contribution is -2.54. The Morgan fingerprint density at radius 1 is 1.16 bits per heavy atom. The second-order valence-corrected chi connectivity index (χ2v) is 7.32. The molecule has 3 heterocycles. The topological polar surface area (TPSA) is 69.7 Å². The Hall–Kier alpha value is -2.53. The third-order valence-corrected chi connectivity index (χ3v) is 5.24. The molecule has 1 aromatic carbocycles. The largest absolute Gasteiger partial charge is 0.416 e. The van der Waals surface area contributed by atoms with Crippen molar-refractivity contribution in [3.05, 3.63) is 47.9 Å². The minimum absolute atomic E-state index is 0. The van der Waals surface area contributed by atoms with Gasteiger partial charge in [-0.05, 0) is 30.5 Å². The first kappa shape index (κ1) is 23.1. The van der Waals surface area contributed by atoms with Crippen LogP contribution >= 0.6 is 12.4 Å². The summed E-state index contributed by atoms with van der Waals surface area (Å²) < 4.78 is 67.4. The van der Waals surface area contributed by atoms with E-state index in [1.54, 1.807) is 4.90 Å². The van der Waals surface area contributed by atoms with Crippen LogP contribution in [0.3, 0.4) is 0 Å². The highest BCUT2D eigenvalue weighted by molar-refractivity contribution is 5.86. The molecule has 1 unspecified atom stereocenters. The molecule has 4 rings (SSSR count). The van der Waals surface area contributed by atoms with Crippen LogP contribution in [-0.2, 0) is 12.6 Å².